The van der Waals surface area contributed by atoms with Crippen LogP contribution in [0.4, 0.5) is 4.39 Å². The van der Waals surface area contributed by atoms with Crippen LogP contribution >= 0.6 is 0 Å². The second-order valence-electron chi connectivity index (χ2n) is 7.76. The number of carbonyl (C=O) groups excluding carboxylic acids is 1. The third kappa shape index (κ3) is 4.10. The first-order chi connectivity index (χ1) is 13.6. The first kappa shape index (κ1) is 19.1. The van der Waals surface area contributed by atoms with Crippen LogP contribution in [-0.2, 0) is 16.0 Å². The van der Waals surface area contributed by atoms with E-state index in [4.69, 9.17) is 4.74 Å². The first-order valence-electron chi connectivity index (χ1n) is 10.0. The van der Waals surface area contributed by atoms with Gasteiger partial charge < -0.3 is 9.64 Å². The highest BCUT2D eigenvalue weighted by molar-refractivity contribution is 5.78. The molecule has 1 heterocycles. The molecule has 2 aliphatic rings. The third-order valence-electron chi connectivity index (χ3n) is 5.95. The van der Waals surface area contributed by atoms with Gasteiger partial charge in [-0.1, -0.05) is 36.4 Å². The van der Waals surface area contributed by atoms with Crippen molar-refractivity contribution in [3.63, 3.8) is 0 Å². The van der Waals surface area contributed by atoms with Gasteiger partial charge in [-0.3, -0.25) is 9.69 Å². The fourth-order valence-corrected chi connectivity index (χ4v) is 4.33. The van der Waals surface area contributed by atoms with Crippen molar-refractivity contribution in [2.75, 3.05) is 33.3 Å². The van der Waals surface area contributed by atoms with Crippen LogP contribution in [0, 0.1) is 5.82 Å². The molecule has 1 aliphatic carbocycles. The molecule has 2 unspecified atom stereocenters. The molecule has 0 saturated carbocycles. The smallest absolute Gasteiger partial charge is 0.237 e. The number of carbonyl (C=O) groups is 1. The van der Waals surface area contributed by atoms with E-state index in [9.17, 15) is 9.18 Å². The van der Waals surface area contributed by atoms with Gasteiger partial charge >= 0.3 is 0 Å². The molecule has 0 bridgehead atoms. The Hall–Kier alpha value is -2.24. The Kier molecular flexibility index (Phi) is 5.74. The van der Waals surface area contributed by atoms with Gasteiger partial charge in [0.15, 0.2) is 0 Å². The van der Waals surface area contributed by atoms with Crippen LogP contribution in [0.1, 0.15) is 41.7 Å². The molecule has 5 heteroatoms. The summed E-state index contributed by atoms with van der Waals surface area (Å²) in [6.07, 6.45) is 3.10. The minimum atomic E-state index is -0.249. The molecule has 0 N–H and O–H groups in total. The van der Waals surface area contributed by atoms with Crippen LogP contribution in [0.2, 0.25) is 0 Å². The lowest BCUT2D eigenvalue weighted by Crippen LogP contribution is -2.45. The van der Waals surface area contributed by atoms with E-state index >= 15 is 0 Å². The Bertz CT molecular complexity index is 824. The topological polar surface area (TPSA) is 32.8 Å². The van der Waals surface area contributed by atoms with Crippen molar-refractivity contribution in [1.29, 1.82) is 0 Å². The number of hydrogen-bond acceptors (Lipinski definition) is 3. The summed E-state index contributed by atoms with van der Waals surface area (Å²) in [7, 11) is 1.92. The van der Waals surface area contributed by atoms with E-state index in [0.717, 1.165) is 31.4 Å². The number of fused-ring (bicyclic) bond motifs is 1. The monoisotopic (exact) mass is 382 g/mol. The van der Waals surface area contributed by atoms with E-state index in [-0.39, 0.29) is 23.9 Å². The van der Waals surface area contributed by atoms with Gasteiger partial charge in [-0.25, -0.2) is 4.39 Å². The van der Waals surface area contributed by atoms with Gasteiger partial charge in [-0.15, -0.1) is 0 Å². The van der Waals surface area contributed by atoms with Crippen molar-refractivity contribution >= 4 is 5.91 Å². The van der Waals surface area contributed by atoms with E-state index in [1.807, 2.05) is 11.9 Å². The quantitative estimate of drug-likeness (QED) is 0.808. The van der Waals surface area contributed by atoms with Gasteiger partial charge in [0.2, 0.25) is 5.91 Å². The zero-order valence-electron chi connectivity index (χ0n) is 16.3. The number of aryl methyl sites for hydroxylation is 1. The molecular weight excluding hydrogens is 355 g/mol. The molecule has 0 radical (unpaired) electrons. The predicted octanol–water partition coefficient (Wildman–Crippen LogP) is 3.74. The van der Waals surface area contributed by atoms with Crippen molar-refractivity contribution in [3.8, 4) is 0 Å². The maximum absolute atomic E-state index is 13.2. The first-order valence-corrected chi connectivity index (χ1v) is 10.0. The average Bonchev–Trinajstić information content (AvgIpc) is 2.73. The third-order valence-corrected chi connectivity index (χ3v) is 5.95. The second kappa shape index (κ2) is 8.41. The minimum absolute atomic E-state index is 0.122. The van der Waals surface area contributed by atoms with E-state index in [1.165, 1.54) is 23.3 Å². The summed E-state index contributed by atoms with van der Waals surface area (Å²) in [5.74, 6) is -0.109. The number of ether oxygens (including phenoxy) is 1. The number of rotatable bonds is 4. The Morgan fingerprint density at radius 2 is 2.00 bits per heavy atom. The lowest BCUT2D eigenvalue weighted by Gasteiger charge is -2.37. The van der Waals surface area contributed by atoms with Crippen molar-refractivity contribution in [2.24, 2.45) is 0 Å². The summed E-state index contributed by atoms with van der Waals surface area (Å²) in [4.78, 5) is 17.1. The highest BCUT2D eigenvalue weighted by atomic mass is 19.1. The van der Waals surface area contributed by atoms with Crippen molar-refractivity contribution in [1.82, 2.24) is 9.80 Å². The van der Waals surface area contributed by atoms with Crippen LogP contribution in [0.5, 0.6) is 0 Å². The Morgan fingerprint density at radius 1 is 1.21 bits per heavy atom. The number of halogens is 1. The van der Waals surface area contributed by atoms with Gasteiger partial charge in [0, 0.05) is 20.1 Å². The number of amides is 1. The number of morpholine rings is 1. The SMILES string of the molecule is CN(C(=O)CN1CCOC(c2ccc(F)cc2)C1)C1CCCc2ccccc21. The second-order valence-corrected chi connectivity index (χ2v) is 7.76. The number of nitrogens with zero attached hydrogens (tertiary/aromatic N) is 2. The predicted molar refractivity (Wildman–Crippen MR) is 106 cm³/mol. The molecule has 1 fully saturated rings. The summed E-state index contributed by atoms with van der Waals surface area (Å²) in [6, 6.07) is 15.1. The summed E-state index contributed by atoms with van der Waals surface area (Å²) < 4.78 is 19.0. The van der Waals surface area contributed by atoms with Crippen LogP contribution in [0.3, 0.4) is 0 Å². The maximum Gasteiger partial charge on any atom is 0.237 e. The lowest BCUT2D eigenvalue weighted by molar-refractivity contribution is -0.135. The van der Waals surface area contributed by atoms with Gasteiger partial charge in [0.05, 0.1) is 25.3 Å². The standard InChI is InChI=1S/C23H27FN2O2/c1-25(21-8-4-6-17-5-2-3-7-20(17)21)23(27)16-26-13-14-28-22(15-26)18-9-11-19(24)12-10-18/h2-3,5,7,9-12,21-22H,4,6,8,13-16H2,1H3. The van der Waals surface area contributed by atoms with Gasteiger partial charge in [-0.2, -0.15) is 0 Å². The van der Waals surface area contributed by atoms with Crippen molar-refractivity contribution in [2.45, 2.75) is 31.4 Å². The number of likely N-dealkylation sites (N-methyl/N-ethyl adjacent to an activating group) is 1. The van der Waals surface area contributed by atoms with E-state index in [2.05, 4.69) is 29.2 Å². The van der Waals surface area contributed by atoms with Gasteiger partial charge in [0.25, 0.3) is 0 Å². The summed E-state index contributed by atoms with van der Waals surface area (Å²) in [5.41, 5.74) is 3.60. The van der Waals surface area contributed by atoms with Crippen molar-refractivity contribution in [3.05, 3.63) is 71.0 Å². The normalized spacial score (nSPS) is 22.5. The molecule has 4 rings (SSSR count). The fourth-order valence-electron chi connectivity index (χ4n) is 4.33. The van der Waals surface area contributed by atoms with E-state index in [0.29, 0.717) is 19.7 Å². The number of benzene rings is 2. The molecule has 0 spiro atoms. The molecule has 1 amide bonds. The largest absolute Gasteiger partial charge is 0.371 e. The zero-order valence-corrected chi connectivity index (χ0v) is 16.3. The maximum atomic E-state index is 13.2. The molecule has 148 valence electrons. The lowest BCUT2D eigenvalue weighted by atomic mass is 9.87. The minimum Gasteiger partial charge on any atom is -0.371 e. The van der Waals surface area contributed by atoms with Crippen LogP contribution in [0.25, 0.3) is 0 Å². The molecule has 2 aromatic rings. The summed E-state index contributed by atoms with van der Waals surface area (Å²) in [6.45, 7) is 2.34. The summed E-state index contributed by atoms with van der Waals surface area (Å²) in [5, 5.41) is 0. The van der Waals surface area contributed by atoms with Gasteiger partial charge in [-0.05, 0) is 48.1 Å². The Balaban J connectivity index is 1.40. The average molecular weight is 382 g/mol. The zero-order chi connectivity index (χ0) is 19.5. The van der Waals surface area contributed by atoms with E-state index < -0.39 is 0 Å². The van der Waals surface area contributed by atoms with Crippen molar-refractivity contribution < 1.29 is 13.9 Å². The molecule has 1 aliphatic heterocycles. The number of hydrogen-bond donors (Lipinski definition) is 0. The molecule has 2 aromatic carbocycles. The van der Waals surface area contributed by atoms with Crippen LogP contribution in [-0.4, -0.2) is 49.0 Å². The summed E-state index contributed by atoms with van der Waals surface area (Å²) >= 11 is 0. The van der Waals surface area contributed by atoms with Crippen LogP contribution in [0.15, 0.2) is 48.5 Å². The molecule has 2 atom stereocenters. The molecular formula is C23H27FN2O2. The molecule has 4 nitrogen and oxygen atoms in total. The highest BCUT2D eigenvalue weighted by Crippen LogP contribution is 2.33. The molecule has 0 aromatic heterocycles. The molecule has 1 saturated heterocycles. The molecule has 28 heavy (non-hydrogen) atoms. The van der Waals surface area contributed by atoms with Gasteiger partial charge in [0.1, 0.15) is 5.82 Å². The van der Waals surface area contributed by atoms with Crippen LogP contribution < -0.4 is 0 Å². The fraction of sp³-hybridized carbons (Fsp3) is 0.435. The van der Waals surface area contributed by atoms with E-state index in [1.54, 1.807) is 12.1 Å². The highest BCUT2D eigenvalue weighted by Gasteiger charge is 2.29. The Morgan fingerprint density at radius 3 is 2.82 bits per heavy atom. The Labute approximate surface area is 165 Å².